The number of benzene rings is 3. The highest BCUT2D eigenvalue weighted by Crippen LogP contribution is 2.29. The summed E-state index contributed by atoms with van der Waals surface area (Å²) in [5.74, 6) is 1.42. The second-order valence-corrected chi connectivity index (χ2v) is 7.40. The summed E-state index contributed by atoms with van der Waals surface area (Å²) in [6.45, 7) is 4.00. The lowest BCUT2D eigenvalue weighted by Gasteiger charge is -2.13. The van der Waals surface area contributed by atoms with Crippen LogP contribution in [-0.4, -0.2) is 13.0 Å². The van der Waals surface area contributed by atoms with Crippen LogP contribution < -0.4 is 10.1 Å². The summed E-state index contributed by atoms with van der Waals surface area (Å²) in [4.78, 5) is 14.0. The Kier molecular flexibility index (Phi) is 6.20. The lowest BCUT2D eigenvalue weighted by molar-refractivity contribution is 0.102. The molecule has 1 N–H and O–H groups in total. The van der Waals surface area contributed by atoms with Crippen molar-refractivity contribution in [3.8, 4) is 5.75 Å². The van der Waals surface area contributed by atoms with E-state index in [0.29, 0.717) is 5.56 Å². The van der Waals surface area contributed by atoms with Gasteiger partial charge in [-0.25, -0.2) is 0 Å². The van der Waals surface area contributed by atoms with Crippen LogP contribution in [0.1, 0.15) is 27.0 Å². The average Bonchev–Trinajstić information content (AvgIpc) is 2.69. The Bertz CT molecular complexity index is 918. The molecule has 0 radical (unpaired) electrons. The quantitative estimate of drug-likeness (QED) is 0.547. The van der Waals surface area contributed by atoms with Gasteiger partial charge in [0, 0.05) is 27.5 Å². The third-order valence-corrected chi connectivity index (χ3v) is 5.46. The van der Waals surface area contributed by atoms with Gasteiger partial charge in [-0.3, -0.25) is 4.79 Å². The van der Waals surface area contributed by atoms with Crippen LogP contribution in [0.3, 0.4) is 0 Å². The fourth-order valence-corrected chi connectivity index (χ4v) is 3.81. The van der Waals surface area contributed by atoms with Crippen LogP contribution in [0.25, 0.3) is 0 Å². The molecule has 3 aromatic carbocycles. The minimum absolute atomic E-state index is 0.110. The highest BCUT2D eigenvalue weighted by molar-refractivity contribution is 7.98. The summed E-state index contributed by atoms with van der Waals surface area (Å²) in [6.07, 6.45) is 0. The van der Waals surface area contributed by atoms with Crippen molar-refractivity contribution < 1.29 is 9.53 Å². The SMILES string of the molecule is COc1ccc(C(=O)Nc2c(C)cccc2C)cc1CSc1ccccc1. The number of hydrogen-bond donors (Lipinski definition) is 1. The first-order chi connectivity index (χ1) is 13.1. The molecule has 0 spiro atoms. The van der Waals surface area contributed by atoms with Gasteiger partial charge >= 0.3 is 0 Å². The molecule has 27 heavy (non-hydrogen) atoms. The third kappa shape index (κ3) is 4.72. The first kappa shape index (κ1) is 19.1. The van der Waals surface area contributed by atoms with Crippen LogP contribution in [0.2, 0.25) is 0 Å². The molecule has 0 saturated carbocycles. The van der Waals surface area contributed by atoms with Crippen molar-refractivity contribution in [2.75, 3.05) is 12.4 Å². The zero-order valence-electron chi connectivity index (χ0n) is 15.8. The van der Waals surface area contributed by atoms with E-state index in [-0.39, 0.29) is 5.91 Å². The predicted molar refractivity (Wildman–Crippen MR) is 113 cm³/mol. The summed E-state index contributed by atoms with van der Waals surface area (Å²) in [5, 5.41) is 3.05. The van der Waals surface area contributed by atoms with Crippen LogP contribution in [0, 0.1) is 13.8 Å². The Morgan fingerprint density at radius 3 is 2.33 bits per heavy atom. The van der Waals surface area contributed by atoms with Gasteiger partial charge in [-0.1, -0.05) is 36.4 Å². The number of amides is 1. The Morgan fingerprint density at radius 2 is 1.67 bits per heavy atom. The maximum Gasteiger partial charge on any atom is 0.255 e. The molecular weight excluding hydrogens is 354 g/mol. The standard InChI is InChI=1S/C23H23NO2S/c1-16-8-7-9-17(2)22(16)24-23(25)18-12-13-21(26-3)19(14-18)15-27-20-10-5-4-6-11-20/h4-14H,15H2,1-3H3,(H,24,25). The van der Waals surface area contributed by atoms with E-state index in [1.165, 1.54) is 4.90 Å². The molecule has 3 rings (SSSR count). The molecule has 0 aliphatic rings. The number of para-hydroxylation sites is 1. The Labute approximate surface area is 164 Å². The van der Waals surface area contributed by atoms with E-state index >= 15 is 0 Å². The first-order valence-corrected chi connectivity index (χ1v) is 9.79. The zero-order chi connectivity index (χ0) is 19.2. The smallest absolute Gasteiger partial charge is 0.255 e. The van der Waals surface area contributed by atoms with E-state index in [2.05, 4.69) is 17.4 Å². The summed E-state index contributed by atoms with van der Waals surface area (Å²) in [7, 11) is 1.66. The van der Waals surface area contributed by atoms with Crippen molar-refractivity contribution in [2.45, 2.75) is 24.5 Å². The molecule has 0 aromatic heterocycles. The number of carbonyl (C=O) groups excluding carboxylic acids is 1. The monoisotopic (exact) mass is 377 g/mol. The van der Waals surface area contributed by atoms with Gasteiger partial charge in [0.15, 0.2) is 0 Å². The molecule has 1 amide bonds. The van der Waals surface area contributed by atoms with Gasteiger partial charge in [-0.2, -0.15) is 0 Å². The molecule has 3 nitrogen and oxygen atoms in total. The zero-order valence-corrected chi connectivity index (χ0v) is 16.6. The van der Waals surface area contributed by atoms with Crippen LogP contribution >= 0.6 is 11.8 Å². The number of rotatable bonds is 6. The minimum atomic E-state index is -0.110. The number of aryl methyl sites for hydroxylation is 2. The summed E-state index contributed by atoms with van der Waals surface area (Å²) in [5.41, 5.74) is 4.61. The van der Waals surface area contributed by atoms with Crippen molar-refractivity contribution in [1.29, 1.82) is 0 Å². The topological polar surface area (TPSA) is 38.3 Å². The number of thioether (sulfide) groups is 1. The highest BCUT2D eigenvalue weighted by atomic mass is 32.2. The van der Waals surface area contributed by atoms with Gasteiger partial charge < -0.3 is 10.1 Å². The summed E-state index contributed by atoms with van der Waals surface area (Å²) < 4.78 is 5.48. The normalized spacial score (nSPS) is 10.5. The van der Waals surface area contributed by atoms with Gasteiger partial charge in [-0.05, 0) is 55.3 Å². The van der Waals surface area contributed by atoms with Gasteiger partial charge in [0.2, 0.25) is 0 Å². The third-order valence-electron chi connectivity index (χ3n) is 4.40. The molecule has 0 fully saturated rings. The molecule has 0 unspecified atom stereocenters. The molecule has 4 heteroatoms. The van der Waals surface area contributed by atoms with Crippen LogP contribution in [-0.2, 0) is 5.75 Å². The second kappa shape index (κ2) is 8.78. The number of ether oxygens (including phenoxy) is 1. The molecule has 3 aromatic rings. The Balaban J connectivity index is 1.80. The number of hydrogen-bond acceptors (Lipinski definition) is 3. The highest BCUT2D eigenvalue weighted by Gasteiger charge is 2.13. The lowest BCUT2D eigenvalue weighted by Crippen LogP contribution is -2.14. The van der Waals surface area contributed by atoms with E-state index < -0.39 is 0 Å². The van der Waals surface area contributed by atoms with Crippen molar-refractivity contribution in [3.63, 3.8) is 0 Å². The van der Waals surface area contributed by atoms with E-state index in [9.17, 15) is 4.79 Å². The number of methoxy groups -OCH3 is 1. The number of anilines is 1. The largest absolute Gasteiger partial charge is 0.496 e. The fourth-order valence-electron chi connectivity index (χ4n) is 2.91. The van der Waals surface area contributed by atoms with Crippen LogP contribution in [0.4, 0.5) is 5.69 Å². The molecule has 0 atom stereocenters. The fraction of sp³-hybridized carbons (Fsp3) is 0.174. The van der Waals surface area contributed by atoms with E-state index in [0.717, 1.165) is 33.9 Å². The molecule has 0 aliphatic heterocycles. The maximum absolute atomic E-state index is 12.8. The molecule has 0 bridgehead atoms. The van der Waals surface area contributed by atoms with Crippen molar-refractivity contribution >= 4 is 23.4 Å². The summed E-state index contributed by atoms with van der Waals surface area (Å²) >= 11 is 1.72. The lowest BCUT2D eigenvalue weighted by atomic mass is 10.1. The van der Waals surface area contributed by atoms with Crippen molar-refractivity contribution in [2.24, 2.45) is 0 Å². The average molecular weight is 378 g/mol. The maximum atomic E-state index is 12.8. The van der Waals surface area contributed by atoms with Crippen LogP contribution in [0.5, 0.6) is 5.75 Å². The number of nitrogens with one attached hydrogen (secondary N) is 1. The first-order valence-electron chi connectivity index (χ1n) is 8.81. The van der Waals surface area contributed by atoms with Crippen molar-refractivity contribution in [3.05, 3.63) is 89.0 Å². The Morgan fingerprint density at radius 1 is 0.963 bits per heavy atom. The predicted octanol–water partition coefficient (Wildman–Crippen LogP) is 5.86. The molecular formula is C23H23NO2S. The Hall–Kier alpha value is -2.72. The minimum Gasteiger partial charge on any atom is -0.496 e. The van der Waals surface area contributed by atoms with E-state index in [1.807, 2.05) is 62.4 Å². The molecule has 138 valence electrons. The molecule has 0 aliphatic carbocycles. The van der Waals surface area contributed by atoms with E-state index in [4.69, 9.17) is 4.74 Å². The van der Waals surface area contributed by atoms with E-state index in [1.54, 1.807) is 24.9 Å². The van der Waals surface area contributed by atoms with Crippen molar-refractivity contribution in [1.82, 2.24) is 0 Å². The van der Waals surface area contributed by atoms with Gasteiger partial charge in [0.1, 0.15) is 5.75 Å². The number of carbonyl (C=O) groups is 1. The molecule has 0 heterocycles. The second-order valence-electron chi connectivity index (χ2n) is 6.35. The molecule has 0 saturated heterocycles. The van der Waals surface area contributed by atoms with Gasteiger partial charge in [-0.15, -0.1) is 11.8 Å². The van der Waals surface area contributed by atoms with Gasteiger partial charge in [0.25, 0.3) is 5.91 Å². The summed E-state index contributed by atoms with van der Waals surface area (Å²) in [6, 6.07) is 21.8. The van der Waals surface area contributed by atoms with Crippen LogP contribution in [0.15, 0.2) is 71.6 Å². The van der Waals surface area contributed by atoms with Gasteiger partial charge in [0.05, 0.1) is 7.11 Å².